The van der Waals surface area contributed by atoms with Gasteiger partial charge in [0.15, 0.2) is 0 Å². The van der Waals surface area contributed by atoms with Gasteiger partial charge in [0, 0.05) is 9.79 Å². The first-order valence-corrected chi connectivity index (χ1v) is 7.09. The molecule has 0 aliphatic rings. The Morgan fingerprint density at radius 3 is 2.37 bits per heavy atom. The summed E-state index contributed by atoms with van der Waals surface area (Å²) in [5.41, 5.74) is 1.92. The molecule has 0 heterocycles. The molecular weight excluding hydrogens is 259 g/mol. The first kappa shape index (κ1) is 14.1. The summed E-state index contributed by atoms with van der Waals surface area (Å²) in [5.74, 6) is 0.196. The molecule has 2 aromatic rings. The molecule has 19 heavy (non-hydrogen) atoms. The number of halogens is 1. The summed E-state index contributed by atoms with van der Waals surface area (Å²) in [4.78, 5) is 1.98. The SMILES string of the molecule is CC(C)c1ccc(Sc2ccc(F)cc2CO)cc1. The average Bonchev–Trinajstić information content (AvgIpc) is 2.41. The van der Waals surface area contributed by atoms with E-state index in [1.807, 2.05) is 0 Å². The molecule has 100 valence electrons. The van der Waals surface area contributed by atoms with E-state index in [-0.39, 0.29) is 12.4 Å². The van der Waals surface area contributed by atoms with Crippen molar-refractivity contribution in [2.75, 3.05) is 0 Å². The van der Waals surface area contributed by atoms with Crippen LogP contribution in [0, 0.1) is 5.82 Å². The third kappa shape index (κ3) is 3.58. The zero-order valence-corrected chi connectivity index (χ0v) is 11.9. The van der Waals surface area contributed by atoms with Crippen molar-refractivity contribution in [3.8, 4) is 0 Å². The lowest BCUT2D eigenvalue weighted by atomic mass is 10.0. The van der Waals surface area contributed by atoms with Crippen LogP contribution in [0.3, 0.4) is 0 Å². The zero-order valence-electron chi connectivity index (χ0n) is 11.1. The van der Waals surface area contributed by atoms with Gasteiger partial charge >= 0.3 is 0 Å². The predicted molar refractivity (Wildman–Crippen MR) is 77.0 cm³/mol. The zero-order chi connectivity index (χ0) is 13.8. The number of aliphatic hydroxyl groups is 1. The minimum absolute atomic E-state index is 0.149. The molecule has 0 aliphatic heterocycles. The Bertz CT molecular complexity index is 549. The fourth-order valence-corrected chi connectivity index (χ4v) is 2.74. The van der Waals surface area contributed by atoms with Crippen molar-refractivity contribution in [2.45, 2.75) is 36.2 Å². The lowest BCUT2D eigenvalue weighted by molar-refractivity contribution is 0.278. The van der Waals surface area contributed by atoms with Crippen molar-refractivity contribution in [2.24, 2.45) is 0 Å². The molecule has 3 heteroatoms. The molecule has 1 nitrogen and oxygen atoms in total. The standard InChI is InChI=1S/C16H17FOS/c1-11(2)12-3-6-15(7-4-12)19-16-8-5-14(17)9-13(16)10-18/h3-9,11,18H,10H2,1-2H3. The van der Waals surface area contributed by atoms with E-state index in [1.165, 1.54) is 17.7 Å². The average molecular weight is 276 g/mol. The van der Waals surface area contributed by atoms with E-state index >= 15 is 0 Å². The second-order valence-electron chi connectivity index (χ2n) is 4.74. The minimum Gasteiger partial charge on any atom is -0.392 e. The minimum atomic E-state index is -0.316. The molecule has 2 rings (SSSR count). The molecule has 0 spiro atoms. The van der Waals surface area contributed by atoms with Gasteiger partial charge in [-0.2, -0.15) is 0 Å². The lowest BCUT2D eigenvalue weighted by Crippen LogP contribution is -1.90. The molecule has 0 fully saturated rings. The van der Waals surface area contributed by atoms with Gasteiger partial charge in [0.05, 0.1) is 6.61 Å². The van der Waals surface area contributed by atoms with E-state index in [9.17, 15) is 9.50 Å². The molecule has 0 saturated heterocycles. The van der Waals surface area contributed by atoms with Gasteiger partial charge < -0.3 is 5.11 Å². The monoisotopic (exact) mass is 276 g/mol. The molecule has 0 amide bonds. The second-order valence-corrected chi connectivity index (χ2v) is 5.85. The van der Waals surface area contributed by atoms with E-state index in [4.69, 9.17) is 0 Å². The Kier molecular flexibility index (Phi) is 4.61. The summed E-state index contributed by atoms with van der Waals surface area (Å²) in [6.07, 6.45) is 0. The van der Waals surface area contributed by atoms with E-state index in [2.05, 4.69) is 38.1 Å². The highest BCUT2D eigenvalue weighted by molar-refractivity contribution is 7.99. The molecule has 0 saturated carbocycles. The number of benzene rings is 2. The molecule has 0 bridgehead atoms. The van der Waals surface area contributed by atoms with Crippen LogP contribution in [0.1, 0.15) is 30.9 Å². The van der Waals surface area contributed by atoms with E-state index in [0.29, 0.717) is 11.5 Å². The summed E-state index contributed by atoms with van der Waals surface area (Å²) < 4.78 is 13.1. The first-order valence-electron chi connectivity index (χ1n) is 6.27. The van der Waals surface area contributed by atoms with Crippen molar-refractivity contribution < 1.29 is 9.50 Å². The van der Waals surface area contributed by atoms with Crippen LogP contribution >= 0.6 is 11.8 Å². The Morgan fingerprint density at radius 2 is 1.79 bits per heavy atom. The van der Waals surface area contributed by atoms with Crippen LogP contribution in [-0.2, 0) is 6.61 Å². The fraction of sp³-hybridized carbons (Fsp3) is 0.250. The Labute approximate surface area is 117 Å². The van der Waals surface area contributed by atoms with Gasteiger partial charge in [0.2, 0.25) is 0 Å². The van der Waals surface area contributed by atoms with Crippen molar-refractivity contribution in [3.05, 3.63) is 59.4 Å². The van der Waals surface area contributed by atoms with E-state index in [0.717, 1.165) is 9.79 Å². The number of aliphatic hydroxyl groups excluding tert-OH is 1. The van der Waals surface area contributed by atoms with Gasteiger partial charge in [-0.25, -0.2) is 4.39 Å². The lowest BCUT2D eigenvalue weighted by Gasteiger charge is -2.09. The van der Waals surface area contributed by atoms with Gasteiger partial charge in [0.1, 0.15) is 5.82 Å². The molecule has 0 aromatic heterocycles. The molecule has 0 radical (unpaired) electrons. The quantitative estimate of drug-likeness (QED) is 0.881. The third-order valence-corrected chi connectivity index (χ3v) is 4.09. The Balaban J connectivity index is 2.21. The van der Waals surface area contributed by atoms with Gasteiger partial charge in [0.25, 0.3) is 0 Å². The summed E-state index contributed by atoms with van der Waals surface area (Å²) in [6.45, 7) is 4.17. The van der Waals surface area contributed by atoms with Crippen LogP contribution in [0.5, 0.6) is 0 Å². The maximum atomic E-state index is 13.1. The second kappa shape index (κ2) is 6.22. The molecule has 0 aliphatic carbocycles. The summed E-state index contributed by atoms with van der Waals surface area (Å²) in [7, 11) is 0. The van der Waals surface area contributed by atoms with Crippen molar-refractivity contribution in [1.29, 1.82) is 0 Å². The van der Waals surface area contributed by atoms with Gasteiger partial charge in [-0.15, -0.1) is 0 Å². The molecule has 2 aromatic carbocycles. The highest BCUT2D eigenvalue weighted by atomic mass is 32.2. The number of hydrogen-bond donors (Lipinski definition) is 1. The highest BCUT2D eigenvalue weighted by Gasteiger charge is 2.06. The van der Waals surface area contributed by atoms with Crippen LogP contribution in [0.15, 0.2) is 52.3 Å². The van der Waals surface area contributed by atoms with E-state index in [1.54, 1.807) is 17.8 Å². The Hall–Kier alpha value is -1.32. The van der Waals surface area contributed by atoms with Crippen LogP contribution in [0.4, 0.5) is 4.39 Å². The largest absolute Gasteiger partial charge is 0.392 e. The summed E-state index contributed by atoms with van der Waals surface area (Å²) in [6, 6.07) is 12.8. The fourth-order valence-electron chi connectivity index (χ4n) is 1.82. The van der Waals surface area contributed by atoms with Crippen molar-refractivity contribution in [1.82, 2.24) is 0 Å². The van der Waals surface area contributed by atoms with E-state index < -0.39 is 0 Å². The maximum Gasteiger partial charge on any atom is 0.123 e. The van der Waals surface area contributed by atoms with Crippen LogP contribution in [-0.4, -0.2) is 5.11 Å². The topological polar surface area (TPSA) is 20.2 Å². The molecule has 1 N–H and O–H groups in total. The molecular formula is C16H17FOS. The van der Waals surface area contributed by atoms with Crippen LogP contribution < -0.4 is 0 Å². The summed E-state index contributed by atoms with van der Waals surface area (Å²) >= 11 is 1.54. The molecule has 0 unspecified atom stereocenters. The third-order valence-electron chi connectivity index (χ3n) is 2.97. The smallest absolute Gasteiger partial charge is 0.123 e. The Morgan fingerprint density at radius 1 is 1.11 bits per heavy atom. The molecule has 0 atom stereocenters. The highest BCUT2D eigenvalue weighted by Crippen LogP contribution is 2.31. The number of rotatable bonds is 4. The number of hydrogen-bond acceptors (Lipinski definition) is 2. The normalized spacial score (nSPS) is 11.0. The van der Waals surface area contributed by atoms with Crippen LogP contribution in [0.2, 0.25) is 0 Å². The summed E-state index contributed by atoms with van der Waals surface area (Å²) in [5, 5.41) is 9.26. The van der Waals surface area contributed by atoms with Crippen molar-refractivity contribution >= 4 is 11.8 Å². The van der Waals surface area contributed by atoms with Gasteiger partial charge in [-0.3, -0.25) is 0 Å². The first-order chi connectivity index (χ1) is 9.10. The van der Waals surface area contributed by atoms with Crippen molar-refractivity contribution in [3.63, 3.8) is 0 Å². The van der Waals surface area contributed by atoms with Gasteiger partial charge in [-0.05, 0) is 47.4 Å². The maximum absolute atomic E-state index is 13.1. The van der Waals surface area contributed by atoms with Gasteiger partial charge in [-0.1, -0.05) is 37.7 Å². The predicted octanol–water partition coefficient (Wildman–Crippen LogP) is 4.59. The van der Waals surface area contributed by atoms with Crippen LogP contribution in [0.25, 0.3) is 0 Å².